The van der Waals surface area contributed by atoms with Crippen LogP contribution in [0.15, 0.2) is 48.1 Å². The molecule has 1 aliphatic rings. The second-order valence-electron chi connectivity index (χ2n) is 9.54. The first-order valence-corrected chi connectivity index (χ1v) is 13.5. The van der Waals surface area contributed by atoms with Gasteiger partial charge in [-0.3, -0.25) is 9.69 Å². The first-order valence-electron chi connectivity index (χ1n) is 13.1. The summed E-state index contributed by atoms with van der Waals surface area (Å²) in [6.45, 7) is 10.3. The van der Waals surface area contributed by atoms with Gasteiger partial charge in [-0.25, -0.2) is 4.98 Å². The topological polar surface area (TPSA) is 58.4 Å². The van der Waals surface area contributed by atoms with Gasteiger partial charge < -0.3 is 9.67 Å². The Hall–Kier alpha value is -2.37. The highest BCUT2D eigenvalue weighted by Gasteiger charge is 2.21. The van der Waals surface area contributed by atoms with E-state index in [0.717, 1.165) is 81.8 Å². The van der Waals surface area contributed by atoms with Gasteiger partial charge in [0.05, 0.1) is 11.6 Å². The van der Waals surface area contributed by atoms with Crippen LogP contribution in [0.1, 0.15) is 70.1 Å². The summed E-state index contributed by atoms with van der Waals surface area (Å²) in [6, 6.07) is 8.39. The van der Waals surface area contributed by atoms with Crippen molar-refractivity contribution in [2.75, 3.05) is 13.1 Å². The highest BCUT2D eigenvalue weighted by atomic mass is 35.5. The van der Waals surface area contributed by atoms with E-state index in [1.807, 2.05) is 12.2 Å². The van der Waals surface area contributed by atoms with E-state index in [-0.39, 0.29) is 5.92 Å². The van der Waals surface area contributed by atoms with Gasteiger partial charge in [0.25, 0.3) is 0 Å². The van der Waals surface area contributed by atoms with E-state index in [9.17, 15) is 9.90 Å². The molecule has 0 amide bonds. The first-order chi connectivity index (χ1) is 16.9. The first kappa shape index (κ1) is 27.2. The third-order valence-corrected chi connectivity index (χ3v) is 7.08. The summed E-state index contributed by atoms with van der Waals surface area (Å²) in [4.78, 5) is 18.5. The van der Waals surface area contributed by atoms with Crippen molar-refractivity contribution < 1.29 is 9.90 Å². The average Bonchev–Trinajstić information content (AvgIpc) is 3.16. The number of rotatable bonds is 14. The van der Waals surface area contributed by atoms with Gasteiger partial charge in [0.2, 0.25) is 0 Å². The maximum absolute atomic E-state index is 11.2. The van der Waals surface area contributed by atoms with Gasteiger partial charge in [0.1, 0.15) is 5.82 Å². The molecule has 0 saturated heterocycles. The monoisotopic (exact) mass is 497 g/mol. The molecule has 1 heterocycles. The summed E-state index contributed by atoms with van der Waals surface area (Å²) in [5.41, 5.74) is 4.70. The smallest absolute Gasteiger partial charge is 0.310 e. The van der Waals surface area contributed by atoms with Crippen LogP contribution in [0.25, 0.3) is 11.4 Å². The number of imidazole rings is 1. The van der Waals surface area contributed by atoms with Crippen LogP contribution in [0.4, 0.5) is 0 Å². The minimum Gasteiger partial charge on any atom is -0.481 e. The lowest BCUT2D eigenvalue weighted by molar-refractivity contribution is -0.139. The van der Waals surface area contributed by atoms with Gasteiger partial charge in [-0.05, 0) is 57.7 Å². The van der Waals surface area contributed by atoms with Crippen molar-refractivity contribution in [3.05, 3.63) is 64.5 Å². The lowest BCUT2D eigenvalue weighted by Crippen LogP contribution is -2.27. The third kappa shape index (κ3) is 7.55. The van der Waals surface area contributed by atoms with Crippen molar-refractivity contribution in [3.63, 3.8) is 0 Å². The predicted octanol–water partition coefficient (Wildman–Crippen LogP) is 7.28. The van der Waals surface area contributed by atoms with Crippen LogP contribution >= 0.6 is 11.6 Å². The van der Waals surface area contributed by atoms with Gasteiger partial charge in [-0.1, -0.05) is 86.4 Å². The molecule has 1 aromatic heterocycles. The predicted molar refractivity (Wildman–Crippen MR) is 145 cm³/mol. The Balaban J connectivity index is 1.74. The van der Waals surface area contributed by atoms with Crippen LogP contribution < -0.4 is 0 Å². The van der Waals surface area contributed by atoms with Crippen molar-refractivity contribution >= 4 is 17.6 Å². The van der Waals surface area contributed by atoms with Crippen molar-refractivity contribution in [2.45, 2.75) is 78.8 Å². The maximum atomic E-state index is 11.2. The van der Waals surface area contributed by atoms with Gasteiger partial charge in [-0.2, -0.15) is 0 Å². The fourth-order valence-corrected chi connectivity index (χ4v) is 4.84. The Morgan fingerprint density at radius 2 is 1.91 bits per heavy atom. The number of benzene rings is 1. The van der Waals surface area contributed by atoms with E-state index < -0.39 is 5.97 Å². The Morgan fingerprint density at radius 3 is 2.57 bits per heavy atom. The van der Waals surface area contributed by atoms with E-state index in [2.05, 4.69) is 60.6 Å². The van der Waals surface area contributed by atoms with E-state index in [1.165, 1.54) is 11.1 Å². The largest absolute Gasteiger partial charge is 0.481 e. The van der Waals surface area contributed by atoms with Crippen LogP contribution in [0.3, 0.4) is 0 Å². The molecule has 1 aromatic carbocycles. The molecule has 1 N–H and O–H groups in total. The molecule has 0 radical (unpaired) electrons. The molecule has 3 rings (SSSR count). The van der Waals surface area contributed by atoms with Crippen LogP contribution in [0.5, 0.6) is 0 Å². The Morgan fingerprint density at radius 1 is 1.17 bits per heavy atom. The second kappa shape index (κ2) is 13.6. The summed E-state index contributed by atoms with van der Waals surface area (Å²) in [5, 5.41) is 9.79. The van der Waals surface area contributed by atoms with Crippen LogP contribution in [-0.4, -0.2) is 38.6 Å². The SMILES string of the molecule is CCCCN(CCCC1=CCC(C(=O)O)C=C1)Cc1c(Cl)nc(-c2ccccc2C)n1CCCC. The number of aliphatic carboxylic acids is 1. The van der Waals surface area contributed by atoms with Crippen molar-refractivity contribution in [3.8, 4) is 11.4 Å². The van der Waals surface area contributed by atoms with E-state index >= 15 is 0 Å². The minimum absolute atomic E-state index is 0.382. The molecule has 1 unspecified atom stereocenters. The Bertz CT molecular complexity index is 1040. The molecule has 0 aliphatic heterocycles. The van der Waals surface area contributed by atoms with E-state index in [4.69, 9.17) is 16.6 Å². The molecule has 0 spiro atoms. The molecule has 2 aromatic rings. The molecule has 0 fully saturated rings. The van der Waals surface area contributed by atoms with Crippen molar-refractivity contribution in [1.82, 2.24) is 14.5 Å². The molecule has 6 heteroatoms. The summed E-state index contributed by atoms with van der Waals surface area (Å²) in [5.74, 6) is -0.158. The lowest BCUT2D eigenvalue weighted by atomic mass is 9.95. The highest BCUT2D eigenvalue weighted by molar-refractivity contribution is 6.30. The number of aromatic nitrogens is 2. The number of allylic oxidation sites excluding steroid dienone is 3. The lowest BCUT2D eigenvalue weighted by Gasteiger charge is -2.24. The zero-order valence-corrected chi connectivity index (χ0v) is 22.2. The molecular weight excluding hydrogens is 458 g/mol. The molecule has 1 aliphatic carbocycles. The normalized spacial score (nSPS) is 15.6. The van der Waals surface area contributed by atoms with Crippen LogP contribution in [0, 0.1) is 12.8 Å². The van der Waals surface area contributed by atoms with Gasteiger partial charge in [0.15, 0.2) is 5.15 Å². The minimum atomic E-state index is -0.746. The molecule has 5 nitrogen and oxygen atoms in total. The highest BCUT2D eigenvalue weighted by Crippen LogP contribution is 2.30. The molecule has 0 saturated carbocycles. The molecule has 35 heavy (non-hydrogen) atoms. The Labute approximate surface area is 215 Å². The number of carbonyl (C=O) groups is 1. The quantitative estimate of drug-likeness (QED) is 0.298. The van der Waals surface area contributed by atoms with Gasteiger partial charge in [0, 0.05) is 18.7 Å². The molecule has 190 valence electrons. The summed E-state index contributed by atoms with van der Waals surface area (Å²) in [6.07, 6.45) is 13.0. The molecule has 1 atom stereocenters. The van der Waals surface area contributed by atoms with Gasteiger partial charge in [-0.15, -0.1) is 0 Å². The number of nitrogens with zero attached hydrogens (tertiary/aromatic N) is 3. The fourth-order valence-electron chi connectivity index (χ4n) is 4.60. The number of hydrogen-bond donors (Lipinski definition) is 1. The number of unbranched alkanes of at least 4 members (excludes halogenated alkanes) is 2. The number of hydrogen-bond acceptors (Lipinski definition) is 3. The van der Waals surface area contributed by atoms with Crippen molar-refractivity contribution in [1.29, 1.82) is 0 Å². The van der Waals surface area contributed by atoms with E-state index in [1.54, 1.807) is 0 Å². The Kier molecular flexibility index (Phi) is 10.6. The maximum Gasteiger partial charge on any atom is 0.310 e. The molecular formula is C29H40ClN3O2. The second-order valence-corrected chi connectivity index (χ2v) is 9.90. The summed E-state index contributed by atoms with van der Waals surface area (Å²) < 4.78 is 2.34. The van der Waals surface area contributed by atoms with Crippen molar-refractivity contribution in [2.24, 2.45) is 5.92 Å². The molecule has 0 bridgehead atoms. The van der Waals surface area contributed by atoms with Crippen LogP contribution in [0.2, 0.25) is 5.15 Å². The van der Waals surface area contributed by atoms with Crippen LogP contribution in [-0.2, 0) is 17.9 Å². The zero-order chi connectivity index (χ0) is 25.2. The summed E-state index contributed by atoms with van der Waals surface area (Å²) >= 11 is 6.78. The number of halogens is 1. The average molecular weight is 498 g/mol. The number of aryl methyl sites for hydroxylation is 1. The standard InChI is InChI=1S/C29H40ClN3O2/c1-4-6-18-32(19-10-12-23-14-16-24(17-15-23)29(34)35)21-26-27(30)31-28(33(26)20-7-5-2)25-13-9-8-11-22(25)3/h8-9,11,13-16,24H,4-7,10,12,17-21H2,1-3H3,(H,34,35). The summed E-state index contributed by atoms with van der Waals surface area (Å²) in [7, 11) is 0. The van der Waals surface area contributed by atoms with E-state index in [0.29, 0.717) is 11.6 Å². The van der Waals surface area contributed by atoms with Gasteiger partial charge >= 0.3 is 5.97 Å². The fraction of sp³-hybridized carbons (Fsp3) is 0.517. The third-order valence-electron chi connectivity index (χ3n) is 6.78. The number of carboxylic acids is 1. The number of carboxylic acid groups (broad SMARTS) is 1. The zero-order valence-electron chi connectivity index (χ0n) is 21.5.